The summed E-state index contributed by atoms with van der Waals surface area (Å²) in [6.45, 7) is -1.90. The highest BCUT2D eigenvalue weighted by Crippen LogP contribution is 2.12. The standard InChI is InChI=1S/C9H13F3N6O2/c1-17(2)8(20)15-6-3-14-18(16-6)4-7(19)13-5-9(10,11)12/h3H,4-5H2,1-2H3,(H,13,19)(H,15,16,20). The predicted molar refractivity (Wildman–Crippen MR) is 61.8 cm³/mol. The molecule has 0 saturated heterocycles. The summed E-state index contributed by atoms with van der Waals surface area (Å²) in [7, 11) is 3.04. The number of aromatic nitrogens is 3. The molecule has 0 spiro atoms. The van der Waals surface area contributed by atoms with E-state index in [1.165, 1.54) is 25.2 Å². The maximum Gasteiger partial charge on any atom is 0.405 e. The number of nitrogens with one attached hydrogen (secondary N) is 2. The van der Waals surface area contributed by atoms with Crippen molar-refractivity contribution in [2.24, 2.45) is 0 Å². The van der Waals surface area contributed by atoms with Crippen molar-refractivity contribution in [2.45, 2.75) is 12.7 Å². The van der Waals surface area contributed by atoms with E-state index in [0.717, 1.165) is 4.80 Å². The number of carbonyl (C=O) groups excluding carboxylic acids is 2. The normalized spacial score (nSPS) is 11.1. The molecule has 0 atom stereocenters. The van der Waals surface area contributed by atoms with Crippen molar-refractivity contribution >= 4 is 17.8 Å². The van der Waals surface area contributed by atoms with Gasteiger partial charge >= 0.3 is 12.2 Å². The number of halogens is 3. The van der Waals surface area contributed by atoms with Gasteiger partial charge in [0, 0.05) is 14.1 Å². The lowest BCUT2D eigenvalue weighted by atomic mass is 10.5. The van der Waals surface area contributed by atoms with E-state index in [4.69, 9.17) is 0 Å². The number of anilines is 1. The lowest BCUT2D eigenvalue weighted by Crippen LogP contribution is -2.36. The van der Waals surface area contributed by atoms with Gasteiger partial charge in [-0.25, -0.2) is 4.79 Å². The molecule has 8 nitrogen and oxygen atoms in total. The number of alkyl halides is 3. The highest BCUT2D eigenvalue weighted by molar-refractivity contribution is 5.87. The zero-order chi connectivity index (χ0) is 15.3. The summed E-state index contributed by atoms with van der Waals surface area (Å²) in [6.07, 6.45) is -3.30. The topological polar surface area (TPSA) is 92.2 Å². The van der Waals surface area contributed by atoms with Crippen LogP contribution < -0.4 is 10.6 Å². The second kappa shape index (κ2) is 6.21. The molecule has 0 aliphatic carbocycles. The molecule has 2 N–H and O–H groups in total. The SMILES string of the molecule is CN(C)C(=O)Nc1cnn(CC(=O)NCC(F)(F)F)n1. The van der Waals surface area contributed by atoms with Gasteiger partial charge in [-0.1, -0.05) is 0 Å². The molecular weight excluding hydrogens is 281 g/mol. The summed E-state index contributed by atoms with van der Waals surface area (Å²) in [4.78, 5) is 24.6. The number of rotatable bonds is 4. The predicted octanol–water partition coefficient (Wildman–Crippen LogP) is 0.0501. The van der Waals surface area contributed by atoms with Crippen LogP contribution in [0.15, 0.2) is 6.20 Å². The second-order valence-electron chi connectivity index (χ2n) is 3.98. The number of carbonyl (C=O) groups is 2. The minimum atomic E-state index is -4.47. The van der Waals surface area contributed by atoms with Gasteiger partial charge < -0.3 is 10.2 Å². The lowest BCUT2D eigenvalue weighted by molar-refractivity contribution is -0.139. The van der Waals surface area contributed by atoms with E-state index in [9.17, 15) is 22.8 Å². The maximum atomic E-state index is 11.9. The van der Waals surface area contributed by atoms with Gasteiger partial charge in [-0.05, 0) is 0 Å². The van der Waals surface area contributed by atoms with Gasteiger partial charge in [0.15, 0.2) is 5.82 Å². The molecule has 0 aliphatic rings. The summed E-state index contributed by atoms with van der Waals surface area (Å²) in [5.74, 6) is -0.796. The molecule has 0 unspecified atom stereocenters. The van der Waals surface area contributed by atoms with E-state index < -0.39 is 31.2 Å². The van der Waals surface area contributed by atoms with Crippen molar-refractivity contribution < 1.29 is 22.8 Å². The molecule has 0 saturated carbocycles. The largest absolute Gasteiger partial charge is 0.405 e. The molecule has 0 aromatic carbocycles. The molecule has 3 amide bonds. The Balaban J connectivity index is 2.48. The van der Waals surface area contributed by atoms with Gasteiger partial charge in [-0.2, -0.15) is 23.1 Å². The Hall–Kier alpha value is -2.33. The van der Waals surface area contributed by atoms with Crippen LogP contribution in [0, 0.1) is 0 Å². The molecule has 0 fully saturated rings. The van der Waals surface area contributed by atoms with E-state index in [2.05, 4.69) is 15.5 Å². The fourth-order valence-corrected chi connectivity index (χ4v) is 1.04. The van der Waals surface area contributed by atoms with Crippen LogP contribution in [0.25, 0.3) is 0 Å². The fraction of sp³-hybridized carbons (Fsp3) is 0.556. The molecule has 112 valence electrons. The van der Waals surface area contributed by atoms with Crippen molar-refractivity contribution in [1.29, 1.82) is 0 Å². The summed E-state index contributed by atoms with van der Waals surface area (Å²) in [6, 6.07) is -0.446. The van der Waals surface area contributed by atoms with Crippen molar-refractivity contribution in [2.75, 3.05) is 26.0 Å². The minimum Gasteiger partial charge on any atom is -0.345 e. The summed E-state index contributed by atoms with van der Waals surface area (Å²) < 4.78 is 35.6. The Bertz CT molecular complexity index is 484. The zero-order valence-corrected chi connectivity index (χ0v) is 10.7. The molecule has 1 aromatic rings. The lowest BCUT2D eigenvalue weighted by Gasteiger charge is -2.09. The summed E-state index contributed by atoms with van der Waals surface area (Å²) in [5.41, 5.74) is 0. The van der Waals surface area contributed by atoms with Crippen LogP contribution in [-0.4, -0.2) is 58.6 Å². The average Bonchev–Trinajstić information content (AvgIpc) is 2.73. The molecule has 20 heavy (non-hydrogen) atoms. The van der Waals surface area contributed by atoms with Crippen LogP contribution in [-0.2, 0) is 11.3 Å². The zero-order valence-electron chi connectivity index (χ0n) is 10.7. The molecule has 1 heterocycles. The van der Waals surface area contributed by atoms with Crippen LogP contribution in [0.1, 0.15) is 0 Å². The quantitative estimate of drug-likeness (QED) is 0.820. The number of hydrogen-bond donors (Lipinski definition) is 2. The number of nitrogens with zero attached hydrogens (tertiary/aromatic N) is 4. The third kappa shape index (κ3) is 5.54. The molecule has 0 bridgehead atoms. The molecule has 1 aromatic heterocycles. The first kappa shape index (κ1) is 15.7. The van der Waals surface area contributed by atoms with E-state index >= 15 is 0 Å². The summed E-state index contributed by atoms with van der Waals surface area (Å²) in [5, 5.41) is 11.4. The van der Waals surface area contributed by atoms with E-state index in [1.54, 1.807) is 5.32 Å². The van der Waals surface area contributed by atoms with Crippen LogP contribution in [0.2, 0.25) is 0 Å². The van der Waals surface area contributed by atoms with E-state index in [1.807, 2.05) is 0 Å². The van der Waals surface area contributed by atoms with Gasteiger partial charge in [0.25, 0.3) is 0 Å². The highest BCUT2D eigenvalue weighted by Gasteiger charge is 2.27. The van der Waals surface area contributed by atoms with Crippen LogP contribution in [0.3, 0.4) is 0 Å². The van der Waals surface area contributed by atoms with Gasteiger partial charge in [0.05, 0.1) is 6.20 Å². The average molecular weight is 294 g/mol. The van der Waals surface area contributed by atoms with Crippen molar-refractivity contribution in [3.05, 3.63) is 6.20 Å². The first-order valence-corrected chi connectivity index (χ1v) is 5.39. The third-order valence-corrected chi connectivity index (χ3v) is 1.95. The van der Waals surface area contributed by atoms with Gasteiger partial charge in [-0.3, -0.25) is 10.1 Å². The maximum absolute atomic E-state index is 11.9. The van der Waals surface area contributed by atoms with Gasteiger partial charge in [-0.15, -0.1) is 5.10 Å². The van der Waals surface area contributed by atoms with Gasteiger partial charge in [0.2, 0.25) is 5.91 Å². The Morgan fingerprint density at radius 1 is 1.40 bits per heavy atom. The number of urea groups is 1. The van der Waals surface area contributed by atoms with Crippen LogP contribution in [0.4, 0.5) is 23.8 Å². The molecule has 0 aliphatic heterocycles. The Labute approximate surface area is 111 Å². The van der Waals surface area contributed by atoms with Gasteiger partial charge in [0.1, 0.15) is 13.1 Å². The molecule has 11 heteroatoms. The monoisotopic (exact) mass is 294 g/mol. The van der Waals surface area contributed by atoms with Crippen molar-refractivity contribution in [3.8, 4) is 0 Å². The van der Waals surface area contributed by atoms with Crippen molar-refractivity contribution in [1.82, 2.24) is 25.2 Å². The highest BCUT2D eigenvalue weighted by atomic mass is 19.4. The first-order valence-electron chi connectivity index (χ1n) is 5.39. The molecular formula is C9H13F3N6O2. The number of amides is 3. The van der Waals surface area contributed by atoms with Crippen molar-refractivity contribution in [3.63, 3.8) is 0 Å². The third-order valence-electron chi connectivity index (χ3n) is 1.95. The summed E-state index contributed by atoms with van der Waals surface area (Å²) >= 11 is 0. The van der Waals surface area contributed by atoms with Crippen LogP contribution >= 0.6 is 0 Å². The fourth-order valence-electron chi connectivity index (χ4n) is 1.04. The van der Waals surface area contributed by atoms with E-state index in [0.29, 0.717) is 0 Å². The Morgan fingerprint density at radius 2 is 2.05 bits per heavy atom. The number of hydrogen-bond acceptors (Lipinski definition) is 4. The Kier molecular flexibility index (Phi) is 4.88. The molecule has 0 radical (unpaired) electrons. The smallest absolute Gasteiger partial charge is 0.345 e. The minimum absolute atomic E-state index is 0.0901. The molecule has 1 rings (SSSR count). The Morgan fingerprint density at radius 3 is 2.60 bits per heavy atom. The van der Waals surface area contributed by atoms with Crippen LogP contribution in [0.5, 0.6) is 0 Å². The first-order chi connectivity index (χ1) is 9.17. The van der Waals surface area contributed by atoms with E-state index in [-0.39, 0.29) is 5.82 Å². The second-order valence-corrected chi connectivity index (χ2v) is 3.98.